The Morgan fingerprint density at radius 2 is 1.43 bits per heavy atom. The van der Waals surface area contributed by atoms with Gasteiger partial charge in [-0.1, -0.05) is 60.7 Å². The summed E-state index contributed by atoms with van der Waals surface area (Å²) in [6.07, 6.45) is -0.347. The maximum atomic E-state index is 13.2. The highest BCUT2D eigenvalue weighted by molar-refractivity contribution is 6.01. The van der Waals surface area contributed by atoms with Gasteiger partial charge in [0.2, 0.25) is 5.91 Å². The molecule has 1 fully saturated rings. The van der Waals surface area contributed by atoms with Crippen LogP contribution in [0.2, 0.25) is 0 Å². The summed E-state index contributed by atoms with van der Waals surface area (Å²) in [5.74, 6) is 0.133. The van der Waals surface area contributed by atoms with Crippen molar-refractivity contribution < 1.29 is 23.9 Å². The number of Topliss-reactive ketones (excluding diaryl/α,β-unsaturated/α-hetero) is 1. The van der Waals surface area contributed by atoms with E-state index in [-0.39, 0.29) is 30.9 Å². The van der Waals surface area contributed by atoms with Gasteiger partial charge in [0.15, 0.2) is 5.78 Å². The van der Waals surface area contributed by atoms with E-state index in [4.69, 9.17) is 9.47 Å². The SMILES string of the molecule is CC(=O)Nc1ccc(C(=O)CN2CCN(C(=O)OCc3ccccc3)CC2)c(OCc2ccccc2)c1. The third kappa shape index (κ3) is 7.65. The molecule has 0 unspecified atom stereocenters. The summed E-state index contributed by atoms with van der Waals surface area (Å²) < 4.78 is 11.4. The normalized spacial score (nSPS) is 13.6. The largest absolute Gasteiger partial charge is 0.488 e. The fourth-order valence-corrected chi connectivity index (χ4v) is 4.08. The molecule has 0 atom stereocenters. The van der Waals surface area contributed by atoms with Crippen LogP contribution in [0.5, 0.6) is 5.75 Å². The first-order valence-electron chi connectivity index (χ1n) is 12.3. The number of ketones is 1. The molecule has 0 aliphatic carbocycles. The van der Waals surface area contributed by atoms with Gasteiger partial charge in [0.05, 0.1) is 12.1 Å². The van der Waals surface area contributed by atoms with E-state index < -0.39 is 0 Å². The van der Waals surface area contributed by atoms with E-state index in [2.05, 4.69) is 5.32 Å². The van der Waals surface area contributed by atoms with Crippen LogP contribution in [0.1, 0.15) is 28.4 Å². The fraction of sp³-hybridized carbons (Fsp3) is 0.276. The smallest absolute Gasteiger partial charge is 0.410 e. The molecule has 0 radical (unpaired) electrons. The van der Waals surface area contributed by atoms with E-state index in [9.17, 15) is 14.4 Å². The molecule has 37 heavy (non-hydrogen) atoms. The van der Waals surface area contributed by atoms with Gasteiger partial charge in [-0.2, -0.15) is 0 Å². The molecule has 8 heteroatoms. The highest BCUT2D eigenvalue weighted by Gasteiger charge is 2.25. The number of rotatable bonds is 9. The van der Waals surface area contributed by atoms with Crippen LogP contribution in [-0.4, -0.2) is 60.3 Å². The standard InChI is InChI=1S/C29H31N3O5/c1-22(33)30-25-12-13-26(28(18-25)36-20-23-8-4-2-5-9-23)27(34)19-31-14-16-32(17-15-31)29(35)37-21-24-10-6-3-7-11-24/h2-13,18H,14-17,19-21H2,1H3,(H,30,33). The zero-order valence-electron chi connectivity index (χ0n) is 20.9. The van der Waals surface area contributed by atoms with Crippen molar-refractivity contribution in [2.45, 2.75) is 20.1 Å². The molecule has 0 saturated carbocycles. The van der Waals surface area contributed by atoms with Crippen molar-refractivity contribution in [2.75, 3.05) is 38.0 Å². The second-order valence-corrected chi connectivity index (χ2v) is 8.89. The van der Waals surface area contributed by atoms with Gasteiger partial charge in [-0.15, -0.1) is 0 Å². The number of amides is 2. The third-order valence-electron chi connectivity index (χ3n) is 6.04. The molecule has 2 amide bonds. The Balaban J connectivity index is 1.33. The zero-order valence-corrected chi connectivity index (χ0v) is 20.9. The number of hydrogen-bond acceptors (Lipinski definition) is 6. The molecular weight excluding hydrogens is 470 g/mol. The molecule has 0 bridgehead atoms. The molecule has 3 aromatic rings. The lowest BCUT2D eigenvalue weighted by atomic mass is 10.1. The summed E-state index contributed by atoms with van der Waals surface area (Å²) in [5.41, 5.74) is 2.93. The van der Waals surface area contributed by atoms with Crippen molar-refractivity contribution in [1.82, 2.24) is 9.80 Å². The number of ether oxygens (including phenoxy) is 2. The Morgan fingerprint density at radius 3 is 2.05 bits per heavy atom. The van der Waals surface area contributed by atoms with Crippen LogP contribution >= 0.6 is 0 Å². The summed E-state index contributed by atoms with van der Waals surface area (Å²) in [6, 6.07) is 24.3. The number of nitrogens with zero attached hydrogens (tertiary/aromatic N) is 2. The Kier molecular flexibility index (Phi) is 8.89. The summed E-state index contributed by atoms with van der Waals surface area (Å²) in [7, 11) is 0. The van der Waals surface area contributed by atoms with E-state index in [0.717, 1.165) is 11.1 Å². The number of hydrogen-bond donors (Lipinski definition) is 1. The number of carbonyl (C=O) groups is 3. The summed E-state index contributed by atoms with van der Waals surface area (Å²) >= 11 is 0. The van der Waals surface area contributed by atoms with Crippen LogP contribution in [0.3, 0.4) is 0 Å². The molecule has 1 heterocycles. The molecule has 4 rings (SSSR count). The molecule has 8 nitrogen and oxygen atoms in total. The van der Waals surface area contributed by atoms with Crippen LogP contribution in [0.4, 0.5) is 10.5 Å². The van der Waals surface area contributed by atoms with Crippen LogP contribution in [-0.2, 0) is 22.7 Å². The Labute approximate surface area is 216 Å². The second-order valence-electron chi connectivity index (χ2n) is 8.89. The zero-order chi connectivity index (χ0) is 26.0. The topological polar surface area (TPSA) is 88.2 Å². The van der Waals surface area contributed by atoms with E-state index in [0.29, 0.717) is 49.8 Å². The lowest BCUT2D eigenvalue weighted by Crippen LogP contribution is -2.50. The molecule has 192 valence electrons. The number of nitrogens with one attached hydrogen (secondary N) is 1. The first kappa shape index (κ1) is 25.9. The maximum absolute atomic E-state index is 13.2. The van der Waals surface area contributed by atoms with Gasteiger partial charge in [-0.25, -0.2) is 4.79 Å². The number of piperazine rings is 1. The molecule has 1 N–H and O–H groups in total. The fourth-order valence-electron chi connectivity index (χ4n) is 4.08. The molecule has 3 aromatic carbocycles. The van der Waals surface area contributed by atoms with E-state index in [1.165, 1.54) is 6.92 Å². The molecule has 1 aliphatic rings. The average molecular weight is 502 g/mol. The number of benzene rings is 3. The quantitative estimate of drug-likeness (QED) is 0.439. The summed E-state index contributed by atoms with van der Waals surface area (Å²) in [4.78, 5) is 40.9. The lowest BCUT2D eigenvalue weighted by molar-refractivity contribution is -0.114. The minimum atomic E-state index is -0.347. The monoisotopic (exact) mass is 501 g/mol. The van der Waals surface area contributed by atoms with Crippen LogP contribution < -0.4 is 10.1 Å². The van der Waals surface area contributed by atoms with Crippen molar-refractivity contribution in [3.63, 3.8) is 0 Å². The van der Waals surface area contributed by atoms with Crippen LogP contribution in [0, 0.1) is 0 Å². The minimum absolute atomic E-state index is 0.0856. The molecule has 1 aliphatic heterocycles. The first-order chi connectivity index (χ1) is 18.0. The first-order valence-corrected chi connectivity index (χ1v) is 12.3. The molecular formula is C29H31N3O5. The molecule has 0 spiro atoms. The lowest BCUT2D eigenvalue weighted by Gasteiger charge is -2.33. The highest BCUT2D eigenvalue weighted by Crippen LogP contribution is 2.26. The van der Waals surface area contributed by atoms with Gasteiger partial charge in [0.25, 0.3) is 0 Å². The number of anilines is 1. The predicted octanol–water partition coefficient (Wildman–Crippen LogP) is 4.36. The highest BCUT2D eigenvalue weighted by atomic mass is 16.6. The maximum Gasteiger partial charge on any atom is 0.410 e. The van der Waals surface area contributed by atoms with Crippen LogP contribution in [0.15, 0.2) is 78.9 Å². The van der Waals surface area contributed by atoms with Crippen molar-refractivity contribution in [2.24, 2.45) is 0 Å². The molecule has 1 saturated heterocycles. The van der Waals surface area contributed by atoms with Crippen molar-refractivity contribution in [3.8, 4) is 5.75 Å². The van der Waals surface area contributed by atoms with Gasteiger partial charge in [-0.3, -0.25) is 14.5 Å². The van der Waals surface area contributed by atoms with Crippen molar-refractivity contribution in [1.29, 1.82) is 0 Å². The van der Waals surface area contributed by atoms with E-state index in [1.807, 2.05) is 65.6 Å². The predicted molar refractivity (Wildman–Crippen MR) is 140 cm³/mol. The number of carbonyl (C=O) groups excluding carboxylic acids is 3. The van der Waals surface area contributed by atoms with Crippen LogP contribution in [0.25, 0.3) is 0 Å². The summed E-state index contributed by atoms with van der Waals surface area (Å²) in [6.45, 7) is 4.27. The van der Waals surface area contributed by atoms with E-state index >= 15 is 0 Å². The van der Waals surface area contributed by atoms with Gasteiger partial charge in [-0.05, 0) is 23.3 Å². The minimum Gasteiger partial charge on any atom is -0.488 e. The van der Waals surface area contributed by atoms with Crippen molar-refractivity contribution in [3.05, 3.63) is 95.6 Å². The Morgan fingerprint density at radius 1 is 0.811 bits per heavy atom. The Bertz CT molecular complexity index is 1210. The summed E-state index contributed by atoms with van der Waals surface area (Å²) in [5, 5.41) is 2.74. The second kappa shape index (κ2) is 12.7. The van der Waals surface area contributed by atoms with E-state index in [1.54, 1.807) is 23.1 Å². The van der Waals surface area contributed by atoms with Gasteiger partial charge >= 0.3 is 6.09 Å². The Hall–Kier alpha value is -4.17. The third-order valence-corrected chi connectivity index (χ3v) is 6.04. The van der Waals surface area contributed by atoms with Gasteiger partial charge in [0, 0.05) is 44.9 Å². The van der Waals surface area contributed by atoms with Crippen molar-refractivity contribution >= 4 is 23.5 Å². The average Bonchev–Trinajstić information content (AvgIpc) is 2.92. The van der Waals surface area contributed by atoms with Gasteiger partial charge in [0.1, 0.15) is 19.0 Å². The molecule has 0 aromatic heterocycles. The van der Waals surface area contributed by atoms with Gasteiger partial charge < -0.3 is 19.7 Å².